The second-order valence-corrected chi connectivity index (χ2v) is 3.44. The zero-order chi connectivity index (χ0) is 11.7. The third-order valence-electron chi connectivity index (χ3n) is 2.23. The number of anilines is 1. The number of primary amides is 1. The van der Waals surface area contributed by atoms with Gasteiger partial charge >= 0.3 is 0 Å². The van der Waals surface area contributed by atoms with Gasteiger partial charge in [-0.1, -0.05) is 0 Å². The lowest BCUT2D eigenvalue weighted by atomic mass is 10.2. The van der Waals surface area contributed by atoms with Crippen LogP contribution in [0.2, 0.25) is 0 Å². The number of nitrogen functional groups attached to an aromatic ring is 1. The molecule has 1 amide bonds. The third-order valence-corrected chi connectivity index (χ3v) is 2.23. The summed E-state index contributed by atoms with van der Waals surface area (Å²) in [6.45, 7) is 1.87. The van der Waals surface area contributed by atoms with Crippen LogP contribution in [0.1, 0.15) is 15.9 Å². The second-order valence-electron chi connectivity index (χ2n) is 3.44. The number of rotatable bonds is 2. The molecule has 82 valence electrons. The van der Waals surface area contributed by atoms with E-state index in [4.69, 9.17) is 11.5 Å². The van der Waals surface area contributed by atoms with E-state index in [1.807, 2.05) is 6.92 Å². The van der Waals surface area contributed by atoms with Crippen LogP contribution in [0.25, 0.3) is 5.82 Å². The molecular formula is C10H11N5O. The summed E-state index contributed by atoms with van der Waals surface area (Å²) >= 11 is 0. The van der Waals surface area contributed by atoms with E-state index in [9.17, 15) is 4.79 Å². The van der Waals surface area contributed by atoms with Crippen molar-refractivity contribution in [2.24, 2.45) is 5.73 Å². The highest BCUT2D eigenvalue weighted by molar-refractivity contribution is 5.92. The summed E-state index contributed by atoms with van der Waals surface area (Å²) in [6.07, 6.45) is 4.55. The number of aromatic nitrogens is 3. The molecule has 0 unspecified atom stereocenters. The smallest absolute Gasteiger partial charge is 0.251 e. The molecule has 4 N–H and O–H groups in total. The lowest BCUT2D eigenvalue weighted by Crippen LogP contribution is -2.09. The monoisotopic (exact) mass is 217 g/mol. The molecule has 16 heavy (non-hydrogen) atoms. The Balaban J connectivity index is 2.42. The molecule has 6 nitrogen and oxygen atoms in total. The number of pyridine rings is 1. The van der Waals surface area contributed by atoms with E-state index in [0.29, 0.717) is 17.1 Å². The number of hydrogen-bond donors (Lipinski definition) is 2. The SMILES string of the molecule is Cc1cnc(-n2cc(C(N)=O)cn2)cc1N. The molecule has 0 atom stereocenters. The molecule has 6 heteroatoms. The fourth-order valence-corrected chi connectivity index (χ4v) is 1.23. The maximum Gasteiger partial charge on any atom is 0.251 e. The van der Waals surface area contributed by atoms with E-state index in [1.54, 1.807) is 12.3 Å². The van der Waals surface area contributed by atoms with Gasteiger partial charge in [-0.3, -0.25) is 4.79 Å². The number of hydrogen-bond acceptors (Lipinski definition) is 4. The predicted molar refractivity (Wildman–Crippen MR) is 59.0 cm³/mol. The first-order valence-corrected chi connectivity index (χ1v) is 4.65. The lowest BCUT2D eigenvalue weighted by Gasteiger charge is -2.03. The zero-order valence-electron chi connectivity index (χ0n) is 8.71. The van der Waals surface area contributed by atoms with Crippen molar-refractivity contribution >= 4 is 11.6 Å². The third kappa shape index (κ3) is 1.72. The molecule has 0 aromatic carbocycles. The molecule has 2 rings (SSSR count). The fraction of sp³-hybridized carbons (Fsp3) is 0.100. The van der Waals surface area contributed by atoms with Gasteiger partial charge in [0, 0.05) is 24.1 Å². The Kier molecular flexibility index (Phi) is 2.32. The Morgan fingerprint density at radius 3 is 2.75 bits per heavy atom. The zero-order valence-corrected chi connectivity index (χ0v) is 8.71. The van der Waals surface area contributed by atoms with E-state index >= 15 is 0 Å². The van der Waals surface area contributed by atoms with Gasteiger partial charge in [0.2, 0.25) is 0 Å². The van der Waals surface area contributed by atoms with Crippen molar-refractivity contribution in [1.29, 1.82) is 0 Å². The van der Waals surface area contributed by atoms with Crippen molar-refractivity contribution in [3.05, 3.63) is 35.8 Å². The van der Waals surface area contributed by atoms with Gasteiger partial charge in [0.05, 0.1) is 11.8 Å². The minimum absolute atomic E-state index is 0.334. The van der Waals surface area contributed by atoms with Crippen molar-refractivity contribution < 1.29 is 4.79 Å². The highest BCUT2D eigenvalue weighted by Crippen LogP contribution is 2.13. The van der Waals surface area contributed by atoms with Crippen LogP contribution >= 0.6 is 0 Å². The van der Waals surface area contributed by atoms with E-state index in [0.717, 1.165) is 5.56 Å². The molecular weight excluding hydrogens is 206 g/mol. The first-order chi connectivity index (χ1) is 7.58. The Morgan fingerprint density at radius 1 is 1.44 bits per heavy atom. The van der Waals surface area contributed by atoms with Crippen LogP contribution < -0.4 is 11.5 Å². The Morgan fingerprint density at radius 2 is 2.19 bits per heavy atom. The number of amides is 1. The Labute approximate surface area is 91.9 Å². The van der Waals surface area contributed by atoms with Gasteiger partial charge in [0.15, 0.2) is 5.82 Å². The molecule has 0 radical (unpaired) electrons. The van der Waals surface area contributed by atoms with Crippen molar-refractivity contribution in [3.8, 4) is 5.82 Å². The summed E-state index contributed by atoms with van der Waals surface area (Å²) in [5.41, 5.74) is 12.7. The van der Waals surface area contributed by atoms with Crippen molar-refractivity contribution in [2.45, 2.75) is 6.92 Å². The molecule has 0 saturated carbocycles. The largest absolute Gasteiger partial charge is 0.398 e. The van der Waals surface area contributed by atoms with Crippen LogP contribution in [0.3, 0.4) is 0 Å². The predicted octanol–water partition coefficient (Wildman–Crippen LogP) is 0.257. The van der Waals surface area contributed by atoms with E-state index in [-0.39, 0.29) is 0 Å². The minimum atomic E-state index is -0.522. The number of nitrogens with two attached hydrogens (primary N) is 2. The van der Waals surface area contributed by atoms with Crippen LogP contribution in [0.5, 0.6) is 0 Å². The normalized spacial score (nSPS) is 10.3. The standard InChI is InChI=1S/C10H11N5O/c1-6-3-13-9(2-8(6)11)15-5-7(4-14-15)10(12)16/h2-5H,1H3,(H2,11,13)(H2,12,16). The highest BCUT2D eigenvalue weighted by atomic mass is 16.1. The summed E-state index contributed by atoms with van der Waals surface area (Å²) in [5.74, 6) is 0.0296. The first kappa shape index (κ1) is 10.2. The molecule has 2 aromatic heterocycles. The summed E-state index contributed by atoms with van der Waals surface area (Å²) < 4.78 is 1.45. The van der Waals surface area contributed by atoms with Gasteiger partial charge in [-0.2, -0.15) is 5.10 Å². The van der Waals surface area contributed by atoms with Gasteiger partial charge in [-0.15, -0.1) is 0 Å². The van der Waals surface area contributed by atoms with E-state index < -0.39 is 5.91 Å². The number of carbonyl (C=O) groups is 1. The average molecular weight is 217 g/mol. The van der Waals surface area contributed by atoms with Gasteiger partial charge in [0.25, 0.3) is 5.91 Å². The van der Waals surface area contributed by atoms with E-state index in [1.165, 1.54) is 17.1 Å². The van der Waals surface area contributed by atoms with Crippen LogP contribution in [0.15, 0.2) is 24.7 Å². The summed E-state index contributed by atoms with van der Waals surface area (Å²) in [6, 6.07) is 1.69. The maximum atomic E-state index is 10.9. The molecule has 0 saturated heterocycles. The van der Waals surface area contributed by atoms with Gasteiger partial charge in [-0.05, 0) is 12.5 Å². The average Bonchev–Trinajstić information content (AvgIpc) is 2.71. The molecule has 2 heterocycles. The molecule has 0 spiro atoms. The van der Waals surface area contributed by atoms with Gasteiger partial charge < -0.3 is 11.5 Å². The molecule has 0 aliphatic carbocycles. The Hall–Kier alpha value is -2.37. The van der Waals surface area contributed by atoms with Crippen LogP contribution in [0, 0.1) is 6.92 Å². The molecule has 0 fully saturated rings. The number of carbonyl (C=O) groups excluding carboxylic acids is 1. The fourth-order valence-electron chi connectivity index (χ4n) is 1.23. The van der Waals surface area contributed by atoms with Crippen LogP contribution in [-0.2, 0) is 0 Å². The minimum Gasteiger partial charge on any atom is -0.398 e. The quantitative estimate of drug-likeness (QED) is 0.753. The highest BCUT2D eigenvalue weighted by Gasteiger charge is 2.06. The summed E-state index contributed by atoms with van der Waals surface area (Å²) in [7, 11) is 0. The lowest BCUT2D eigenvalue weighted by molar-refractivity contribution is 0.100. The Bertz CT molecular complexity index is 546. The van der Waals surface area contributed by atoms with Crippen LogP contribution in [-0.4, -0.2) is 20.7 Å². The second kappa shape index (κ2) is 3.65. The number of aryl methyl sites for hydroxylation is 1. The number of nitrogens with zero attached hydrogens (tertiary/aromatic N) is 3. The van der Waals surface area contributed by atoms with E-state index in [2.05, 4.69) is 10.1 Å². The topological polar surface area (TPSA) is 99.8 Å². The van der Waals surface area contributed by atoms with Crippen molar-refractivity contribution in [2.75, 3.05) is 5.73 Å². The molecule has 0 aliphatic rings. The summed E-state index contributed by atoms with van der Waals surface area (Å²) in [5, 5.41) is 3.98. The van der Waals surface area contributed by atoms with Crippen molar-refractivity contribution in [3.63, 3.8) is 0 Å². The molecule has 2 aromatic rings. The maximum absolute atomic E-state index is 10.9. The molecule has 0 aliphatic heterocycles. The first-order valence-electron chi connectivity index (χ1n) is 4.65. The van der Waals surface area contributed by atoms with Gasteiger partial charge in [0.1, 0.15) is 0 Å². The summed E-state index contributed by atoms with van der Waals surface area (Å²) in [4.78, 5) is 15.0. The van der Waals surface area contributed by atoms with Gasteiger partial charge in [-0.25, -0.2) is 9.67 Å². The van der Waals surface area contributed by atoms with Crippen molar-refractivity contribution in [1.82, 2.24) is 14.8 Å². The van der Waals surface area contributed by atoms with Crippen LogP contribution in [0.4, 0.5) is 5.69 Å². The molecule has 0 bridgehead atoms.